The minimum absolute atomic E-state index is 0.745. The zero-order chi connectivity index (χ0) is 12.9. The zero-order valence-corrected chi connectivity index (χ0v) is 12.9. The van der Waals surface area contributed by atoms with Gasteiger partial charge in [0, 0.05) is 0 Å². The lowest BCUT2D eigenvalue weighted by Gasteiger charge is -2.32. The lowest BCUT2D eigenvalue weighted by Crippen LogP contribution is -2.45. The molecule has 0 aliphatic rings. The molecule has 0 N–H and O–H groups in total. The summed E-state index contributed by atoms with van der Waals surface area (Å²) in [4.78, 5) is 0. The quantitative estimate of drug-likeness (QED) is 0.526. The first-order valence-electron chi connectivity index (χ1n) is 6.66. The molecule has 0 unspecified atom stereocenters. The molecule has 17 heavy (non-hydrogen) atoms. The summed E-state index contributed by atoms with van der Waals surface area (Å²) in [6, 6.07) is 11.1. The van der Waals surface area contributed by atoms with Crippen LogP contribution < -0.4 is 5.19 Å². The van der Waals surface area contributed by atoms with Gasteiger partial charge in [0.15, 0.2) is 0 Å². The van der Waals surface area contributed by atoms with Gasteiger partial charge in [-0.15, -0.1) is 0 Å². The Labute approximate surface area is 108 Å². The Morgan fingerprint density at radius 2 is 1.71 bits per heavy atom. The van der Waals surface area contributed by atoms with Crippen molar-refractivity contribution in [3.63, 3.8) is 0 Å². The van der Waals surface area contributed by atoms with Crippen molar-refractivity contribution < 1.29 is 0 Å². The minimum Gasteiger partial charge on any atom is -0.0917 e. The molecule has 0 spiro atoms. The molecular formula is C16H26Si. The average molecular weight is 246 g/mol. The van der Waals surface area contributed by atoms with E-state index >= 15 is 0 Å². The third-order valence-electron chi connectivity index (χ3n) is 3.59. The third kappa shape index (κ3) is 3.85. The fraction of sp³-hybridized carbons (Fsp3) is 0.500. The molecule has 1 aromatic rings. The number of benzene rings is 1. The number of rotatable bonds is 5. The van der Waals surface area contributed by atoms with Crippen LogP contribution in [0.3, 0.4) is 0 Å². The molecule has 0 radical (unpaired) electrons. The maximum Gasteiger partial charge on any atom is 0.0873 e. The maximum atomic E-state index is 2.50. The van der Waals surface area contributed by atoms with E-state index in [1.54, 1.807) is 5.19 Å². The molecule has 1 heteroatoms. The monoisotopic (exact) mass is 246 g/mol. The maximum absolute atomic E-state index is 2.50. The van der Waals surface area contributed by atoms with Gasteiger partial charge >= 0.3 is 0 Å². The molecule has 0 saturated heterocycles. The fourth-order valence-electron chi connectivity index (χ4n) is 2.44. The predicted octanol–water partition coefficient (Wildman–Crippen LogP) is 4.59. The number of allylic oxidation sites excluding steroid dienone is 2. The fourth-order valence-corrected chi connectivity index (χ4v) is 5.65. The lowest BCUT2D eigenvalue weighted by atomic mass is 10.1. The van der Waals surface area contributed by atoms with Gasteiger partial charge in [-0.3, -0.25) is 0 Å². The molecule has 0 aliphatic carbocycles. The Kier molecular flexibility index (Phi) is 5.19. The van der Waals surface area contributed by atoms with Crippen molar-refractivity contribution in [1.82, 2.24) is 0 Å². The lowest BCUT2D eigenvalue weighted by molar-refractivity contribution is 0.586. The Balaban J connectivity index is 2.99. The van der Waals surface area contributed by atoms with Crippen LogP contribution in [0.4, 0.5) is 0 Å². The van der Waals surface area contributed by atoms with Crippen molar-refractivity contribution in [2.24, 2.45) is 5.92 Å². The molecule has 0 fully saturated rings. The largest absolute Gasteiger partial charge is 0.0917 e. The van der Waals surface area contributed by atoms with Crippen LogP contribution in [-0.4, -0.2) is 8.07 Å². The molecule has 94 valence electrons. The zero-order valence-electron chi connectivity index (χ0n) is 11.9. The first-order valence-corrected chi connectivity index (χ1v) is 9.74. The van der Waals surface area contributed by atoms with Gasteiger partial charge in [0.05, 0.1) is 8.07 Å². The molecule has 1 rings (SSSR count). The van der Waals surface area contributed by atoms with Crippen LogP contribution in [0.5, 0.6) is 0 Å². The standard InChI is InChI=1S/C16H26Si/c1-6-10-16(13-14(2)3)17(4,5)15-11-8-7-9-12-15/h6-12,14,16H,13H2,1-5H3/b10-6-/t16-/m1/s1. The SMILES string of the molecule is C/C=C\[C@H](CC(C)C)[Si](C)(C)c1ccccc1. The van der Waals surface area contributed by atoms with Crippen molar-refractivity contribution in [2.75, 3.05) is 0 Å². The molecule has 0 bridgehead atoms. The first kappa shape index (κ1) is 14.2. The van der Waals surface area contributed by atoms with Crippen molar-refractivity contribution in [2.45, 2.75) is 45.8 Å². The van der Waals surface area contributed by atoms with Gasteiger partial charge in [0.2, 0.25) is 0 Å². The average Bonchev–Trinajstić information content (AvgIpc) is 2.29. The minimum atomic E-state index is -1.38. The van der Waals surface area contributed by atoms with Crippen molar-refractivity contribution in [1.29, 1.82) is 0 Å². The van der Waals surface area contributed by atoms with Crippen LogP contribution >= 0.6 is 0 Å². The van der Waals surface area contributed by atoms with E-state index in [0.29, 0.717) is 0 Å². The second kappa shape index (κ2) is 6.20. The van der Waals surface area contributed by atoms with E-state index in [1.807, 2.05) is 0 Å². The smallest absolute Gasteiger partial charge is 0.0873 e. The van der Waals surface area contributed by atoms with E-state index in [4.69, 9.17) is 0 Å². The van der Waals surface area contributed by atoms with Crippen molar-refractivity contribution in [3.05, 3.63) is 42.5 Å². The summed E-state index contributed by atoms with van der Waals surface area (Å²) in [5, 5.41) is 1.57. The van der Waals surface area contributed by atoms with Crippen LogP contribution in [0.25, 0.3) is 0 Å². The van der Waals surface area contributed by atoms with E-state index in [9.17, 15) is 0 Å². The molecule has 1 aromatic carbocycles. The van der Waals surface area contributed by atoms with Crippen LogP contribution in [0.2, 0.25) is 18.6 Å². The van der Waals surface area contributed by atoms with Gasteiger partial charge < -0.3 is 0 Å². The topological polar surface area (TPSA) is 0 Å². The Morgan fingerprint density at radius 3 is 2.18 bits per heavy atom. The van der Waals surface area contributed by atoms with E-state index in [2.05, 4.69) is 76.3 Å². The highest BCUT2D eigenvalue weighted by Crippen LogP contribution is 2.30. The van der Waals surface area contributed by atoms with Gasteiger partial charge in [-0.25, -0.2) is 0 Å². The summed E-state index contributed by atoms with van der Waals surface area (Å²) in [5.41, 5.74) is 0.745. The highest BCUT2D eigenvalue weighted by Gasteiger charge is 2.31. The van der Waals surface area contributed by atoms with Crippen LogP contribution in [0, 0.1) is 5.92 Å². The first-order chi connectivity index (χ1) is 7.98. The van der Waals surface area contributed by atoms with E-state index in [-0.39, 0.29) is 0 Å². The van der Waals surface area contributed by atoms with Crippen LogP contribution in [0.15, 0.2) is 42.5 Å². The highest BCUT2D eigenvalue weighted by molar-refractivity contribution is 6.91. The van der Waals surface area contributed by atoms with Crippen LogP contribution in [0.1, 0.15) is 27.2 Å². The van der Waals surface area contributed by atoms with Crippen LogP contribution in [-0.2, 0) is 0 Å². The molecule has 0 aliphatic heterocycles. The molecule has 0 amide bonds. The van der Waals surface area contributed by atoms with E-state index < -0.39 is 8.07 Å². The molecule has 0 nitrogen and oxygen atoms in total. The van der Waals surface area contributed by atoms with Gasteiger partial charge in [-0.2, -0.15) is 0 Å². The summed E-state index contributed by atoms with van der Waals surface area (Å²) in [7, 11) is -1.38. The van der Waals surface area contributed by atoms with E-state index in [1.165, 1.54) is 6.42 Å². The summed E-state index contributed by atoms with van der Waals surface area (Å²) in [5.74, 6) is 0.770. The molecule has 1 atom stereocenters. The summed E-state index contributed by atoms with van der Waals surface area (Å²) in [6.45, 7) is 11.8. The highest BCUT2D eigenvalue weighted by atomic mass is 28.3. The summed E-state index contributed by atoms with van der Waals surface area (Å²) in [6.07, 6.45) is 5.96. The van der Waals surface area contributed by atoms with E-state index in [0.717, 1.165) is 11.5 Å². The Bertz CT molecular complexity index is 349. The van der Waals surface area contributed by atoms with Crippen molar-refractivity contribution >= 4 is 13.3 Å². The summed E-state index contributed by atoms with van der Waals surface area (Å²) >= 11 is 0. The predicted molar refractivity (Wildman–Crippen MR) is 81.6 cm³/mol. The summed E-state index contributed by atoms with van der Waals surface area (Å²) < 4.78 is 0. The van der Waals surface area contributed by atoms with Gasteiger partial charge in [0.1, 0.15) is 0 Å². The molecule has 0 aromatic heterocycles. The normalized spacial score (nSPS) is 14.5. The van der Waals surface area contributed by atoms with Crippen molar-refractivity contribution in [3.8, 4) is 0 Å². The Morgan fingerprint density at radius 1 is 1.12 bits per heavy atom. The third-order valence-corrected chi connectivity index (χ3v) is 7.70. The molecule has 0 saturated carbocycles. The van der Waals surface area contributed by atoms with Gasteiger partial charge in [-0.05, 0) is 24.8 Å². The second-order valence-electron chi connectivity index (χ2n) is 5.85. The van der Waals surface area contributed by atoms with Gasteiger partial charge in [0.25, 0.3) is 0 Å². The van der Waals surface area contributed by atoms with Gasteiger partial charge in [-0.1, -0.05) is 74.6 Å². The molecular weight excluding hydrogens is 220 g/mol. The number of hydrogen-bond acceptors (Lipinski definition) is 0. The number of hydrogen-bond donors (Lipinski definition) is 0. The Hall–Kier alpha value is -0.823. The molecule has 0 heterocycles. The second-order valence-corrected chi connectivity index (χ2v) is 10.6.